The number of hydrogen-bond donors (Lipinski definition) is 0. The van der Waals surface area contributed by atoms with E-state index in [0.29, 0.717) is 44.3 Å². The van der Waals surface area contributed by atoms with Crippen molar-refractivity contribution < 1.29 is 32.8 Å². The van der Waals surface area contributed by atoms with Gasteiger partial charge in [0.2, 0.25) is 5.78 Å². The molecule has 0 spiro atoms. The molecule has 184 valence electrons. The third-order valence-electron chi connectivity index (χ3n) is 5.68. The van der Waals surface area contributed by atoms with E-state index in [2.05, 4.69) is 13.8 Å². The summed E-state index contributed by atoms with van der Waals surface area (Å²) in [6.45, 7) is 4.20. The number of fused-ring (bicyclic) bond motifs is 2. The Morgan fingerprint density at radius 3 is 1.65 bits per heavy atom. The molecule has 0 fully saturated rings. The molecule has 0 amide bonds. The Labute approximate surface area is 206 Å². The Kier molecular flexibility index (Phi) is 8.52. The predicted octanol–water partition coefficient (Wildman–Crippen LogP) is 4.05. The minimum atomic E-state index is -1.09. The zero-order valence-corrected chi connectivity index (χ0v) is 21.1. The lowest BCUT2D eigenvalue weighted by atomic mass is 10.1. The lowest BCUT2D eigenvalue weighted by molar-refractivity contribution is -0.137. The van der Waals surface area contributed by atoms with Crippen LogP contribution in [0.1, 0.15) is 39.5 Å². The van der Waals surface area contributed by atoms with Gasteiger partial charge in [0.25, 0.3) is 0 Å². The highest BCUT2D eigenvalue weighted by molar-refractivity contribution is 7.91. The van der Waals surface area contributed by atoms with E-state index < -0.39 is 34.6 Å². The van der Waals surface area contributed by atoms with Crippen LogP contribution in [0.15, 0.2) is 46.2 Å². The van der Waals surface area contributed by atoms with Crippen LogP contribution in [0.3, 0.4) is 0 Å². The average molecular weight is 507 g/mol. The number of unbranched alkanes of at least 4 members (excludes halogenated alkanes) is 2. The summed E-state index contributed by atoms with van der Waals surface area (Å²) in [5, 5.41) is 0. The van der Waals surface area contributed by atoms with Gasteiger partial charge in [-0.3, -0.25) is 4.79 Å². The third kappa shape index (κ3) is 5.76. The molecule has 4 rings (SSSR count). The molecule has 9 heteroatoms. The third-order valence-corrected chi connectivity index (χ3v) is 8.55. The second-order valence-corrected chi connectivity index (χ2v) is 11.4. The zero-order valence-electron chi connectivity index (χ0n) is 19.4. The van der Waals surface area contributed by atoms with Crippen molar-refractivity contribution in [2.24, 2.45) is 0 Å². The number of carbonyl (C=O) groups excluding carboxylic acids is 1. The summed E-state index contributed by atoms with van der Waals surface area (Å²) in [6.07, 6.45) is 2.08. The summed E-state index contributed by atoms with van der Waals surface area (Å²) in [5.74, 6) is 2.79. The molecule has 4 unspecified atom stereocenters. The lowest BCUT2D eigenvalue weighted by Crippen LogP contribution is -2.48. The van der Waals surface area contributed by atoms with Crippen LogP contribution in [0, 0.1) is 0 Å². The van der Waals surface area contributed by atoms with Gasteiger partial charge in [0.1, 0.15) is 24.7 Å². The molecule has 2 aromatic carbocycles. The zero-order chi connectivity index (χ0) is 24.1. The fourth-order valence-electron chi connectivity index (χ4n) is 3.66. The summed E-state index contributed by atoms with van der Waals surface area (Å²) in [6, 6.07) is 10.3. The molecule has 0 N–H and O–H groups in total. The fourth-order valence-corrected chi connectivity index (χ4v) is 6.15. The molecule has 0 bridgehead atoms. The van der Waals surface area contributed by atoms with Gasteiger partial charge in [0, 0.05) is 12.1 Å². The van der Waals surface area contributed by atoms with Gasteiger partial charge < -0.3 is 28.1 Å². The first-order chi connectivity index (χ1) is 16.5. The largest absolute Gasteiger partial charge is 0.611 e. The summed E-state index contributed by atoms with van der Waals surface area (Å²) in [7, 11) is 0. The van der Waals surface area contributed by atoms with E-state index in [1.807, 2.05) is 0 Å². The van der Waals surface area contributed by atoms with Crippen molar-refractivity contribution >= 4 is 28.1 Å². The Morgan fingerprint density at radius 2 is 1.24 bits per heavy atom. The first-order valence-electron chi connectivity index (χ1n) is 11.7. The monoisotopic (exact) mass is 506 g/mol. The van der Waals surface area contributed by atoms with Gasteiger partial charge in [-0.05, 0) is 59.5 Å². The maximum Gasteiger partial charge on any atom is 0.220 e. The molecule has 2 aromatic rings. The maximum absolute atomic E-state index is 13.1. The van der Waals surface area contributed by atoms with Crippen LogP contribution >= 0.6 is 0 Å². The average Bonchev–Trinajstić information content (AvgIpc) is 2.88. The Balaban J connectivity index is 1.37. The van der Waals surface area contributed by atoms with Crippen LogP contribution in [-0.2, 0) is 27.1 Å². The van der Waals surface area contributed by atoms with E-state index in [9.17, 15) is 13.9 Å². The van der Waals surface area contributed by atoms with Crippen LogP contribution < -0.4 is 18.9 Å². The van der Waals surface area contributed by atoms with Crippen molar-refractivity contribution in [3.05, 3.63) is 36.4 Å². The lowest BCUT2D eigenvalue weighted by Gasteiger charge is -2.31. The minimum Gasteiger partial charge on any atom is -0.611 e. The number of ether oxygens (including phenoxy) is 4. The van der Waals surface area contributed by atoms with Gasteiger partial charge in [-0.25, -0.2) is 0 Å². The summed E-state index contributed by atoms with van der Waals surface area (Å²) in [4.78, 5) is 14.4. The minimum absolute atomic E-state index is 0.0406. The molecular formula is C25H30O7S2. The number of rotatable bonds is 10. The molecule has 2 heterocycles. The second-order valence-electron chi connectivity index (χ2n) is 8.26. The van der Waals surface area contributed by atoms with Gasteiger partial charge >= 0.3 is 0 Å². The van der Waals surface area contributed by atoms with Crippen molar-refractivity contribution in [1.29, 1.82) is 0 Å². The highest BCUT2D eigenvalue weighted by Gasteiger charge is 2.37. The van der Waals surface area contributed by atoms with Crippen LogP contribution in [0.5, 0.6) is 23.0 Å². The highest BCUT2D eigenvalue weighted by Crippen LogP contribution is 2.37. The predicted molar refractivity (Wildman–Crippen MR) is 130 cm³/mol. The van der Waals surface area contributed by atoms with Gasteiger partial charge in [0.15, 0.2) is 45.0 Å². The molecule has 0 saturated carbocycles. The smallest absolute Gasteiger partial charge is 0.220 e. The highest BCUT2D eigenvalue weighted by atomic mass is 32.2. The molecule has 7 nitrogen and oxygen atoms in total. The van der Waals surface area contributed by atoms with Crippen LogP contribution in [0.25, 0.3) is 0 Å². The van der Waals surface area contributed by atoms with Gasteiger partial charge in [-0.1, -0.05) is 26.7 Å². The van der Waals surface area contributed by atoms with Crippen molar-refractivity contribution in [1.82, 2.24) is 0 Å². The molecule has 2 aliphatic rings. The van der Waals surface area contributed by atoms with Crippen LogP contribution in [0.4, 0.5) is 0 Å². The van der Waals surface area contributed by atoms with Crippen LogP contribution in [-0.4, -0.2) is 51.8 Å². The molecule has 4 atom stereocenters. The SMILES string of the molecule is CCCC[S+]([O-])c1ccc2c(c1)OCC(C(=O)C1COc3cc([S+]([O-])CCCC)ccc3O1)O2. The van der Waals surface area contributed by atoms with Gasteiger partial charge in [-0.2, -0.15) is 0 Å². The second kappa shape index (κ2) is 11.6. The molecule has 0 aliphatic carbocycles. The van der Waals surface area contributed by atoms with Gasteiger partial charge in [0.05, 0.1) is 0 Å². The molecule has 0 radical (unpaired) electrons. The van der Waals surface area contributed by atoms with Crippen molar-refractivity contribution in [3.8, 4) is 23.0 Å². The summed E-state index contributed by atoms with van der Waals surface area (Å²) in [5.41, 5.74) is 0. The van der Waals surface area contributed by atoms with E-state index in [1.165, 1.54) is 0 Å². The maximum atomic E-state index is 13.1. The number of ketones is 1. The van der Waals surface area contributed by atoms with E-state index in [4.69, 9.17) is 18.9 Å². The first kappa shape index (κ1) is 25.0. The molecule has 34 heavy (non-hydrogen) atoms. The molecule has 0 saturated heterocycles. The fraction of sp³-hybridized carbons (Fsp3) is 0.480. The van der Waals surface area contributed by atoms with Crippen LogP contribution in [0.2, 0.25) is 0 Å². The van der Waals surface area contributed by atoms with Gasteiger partial charge in [-0.15, -0.1) is 0 Å². The first-order valence-corrected chi connectivity index (χ1v) is 14.3. The van der Waals surface area contributed by atoms with Crippen molar-refractivity contribution in [3.63, 3.8) is 0 Å². The topological polar surface area (TPSA) is 100 Å². The van der Waals surface area contributed by atoms with E-state index in [-0.39, 0.29) is 19.0 Å². The van der Waals surface area contributed by atoms with Crippen molar-refractivity contribution in [2.75, 3.05) is 24.7 Å². The summed E-state index contributed by atoms with van der Waals surface area (Å²) < 4.78 is 48.1. The van der Waals surface area contributed by atoms with Crippen molar-refractivity contribution in [2.45, 2.75) is 61.5 Å². The molecular weight excluding hydrogens is 476 g/mol. The molecule has 2 aliphatic heterocycles. The Hall–Kier alpha value is -2.07. The normalized spacial score (nSPS) is 20.5. The quantitative estimate of drug-likeness (QED) is 0.448. The number of Topliss-reactive ketones (excluding diaryl/α,β-unsaturated/α-hetero) is 1. The number of benzene rings is 2. The van der Waals surface area contributed by atoms with E-state index in [1.54, 1.807) is 36.4 Å². The number of carbonyl (C=O) groups is 1. The Bertz CT molecular complexity index is 922. The number of hydrogen-bond acceptors (Lipinski definition) is 7. The Morgan fingerprint density at radius 1 is 0.794 bits per heavy atom. The summed E-state index contributed by atoms with van der Waals surface area (Å²) >= 11 is -2.18. The van der Waals surface area contributed by atoms with E-state index in [0.717, 1.165) is 25.7 Å². The molecule has 0 aromatic heterocycles. The standard InChI is InChI=1S/C25H30O7S2/c1-3-5-11-33(27)17-7-9-19-21(13-17)29-15-23(31-19)25(26)24-16-30-22-14-18(8-10-20(22)32-24)34(28)12-6-4-2/h7-10,13-14,23-24H,3-6,11-12,15-16H2,1-2H3. The van der Waals surface area contributed by atoms with E-state index >= 15 is 0 Å².